The molecule has 0 saturated heterocycles. The molecule has 0 saturated carbocycles. The minimum atomic E-state index is -3.83. The predicted molar refractivity (Wildman–Crippen MR) is 162 cm³/mol. The molecule has 0 fully saturated rings. The summed E-state index contributed by atoms with van der Waals surface area (Å²) >= 11 is 6.25. The molecule has 3 aromatic rings. The second kappa shape index (κ2) is 12.9. The van der Waals surface area contributed by atoms with Gasteiger partial charge in [-0.25, -0.2) is 8.42 Å². The van der Waals surface area contributed by atoms with Gasteiger partial charge in [-0.15, -0.1) is 0 Å². The van der Waals surface area contributed by atoms with Gasteiger partial charge in [-0.05, 0) is 69.5 Å². The van der Waals surface area contributed by atoms with E-state index in [1.165, 1.54) is 4.90 Å². The van der Waals surface area contributed by atoms with Crippen LogP contribution in [0, 0.1) is 13.8 Å². The fourth-order valence-corrected chi connectivity index (χ4v) is 5.64. The van der Waals surface area contributed by atoms with Gasteiger partial charge in [-0.1, -0.05) is 71.8 Å². The summed E-state index contributed by atoms with van der Waals surface area (Å²) < 4.78 is 27.0. The lowest BCUT2D eigenvalue weighted by Gasteiger charge is -2.35. The number of hydrogen-bond donors (Lipinski definition) is 1. The summed E-state index contributed by atoms with van der Waals surface area (Å²) in [4.78, 5) is 29.4. The first-order chi connectivity index (χ1) is 18.6. The van der Waals surface area contributed by atoms with E-state index in [0.29, 0.717) is 10.7 Å². The van der Waals surface area contributed by atoms with Crippen molar-refractivity contribution in [3.05, 3.63) is 100 Å². The highest BCUT2D eigenvalue weighted by Gasteiger charge is 2.34. The fourth-order valence-electron chi connectivity index (χ4n) is 4.52. The zero-order chi connectivity index (χ0) is 29.7. The van der Waals surface area contributed by atoms with Gasteiger partial charge in [-0.2, -0.15) is 0 Å². The summed E-state index contributed by atoms with van der Waals surface area (Å²) in [5.41, 5.74) is 3.17. The molecule has 3 rings (SSSR count). The molecular weight excluding hydrogens is 546 g/mol. The average Bonchev–Trinajstić information content (AvgIpc) is 2.84. The highest BCUT2D eigenvalue weighted by Crippen LogP contribution is 2.25. The van der Waals surface area contributed by atoms with Crippen molar-refractivity contribution in [3.8, 4) is 0 Å². The van der Waals surface area contributed by atoms with Gasteiger partial charge in [0.05, 0.1) is 11.9 Å². The Labute approximate surface area is 243 Å². The van der Waals surface area contributed by atoms with Crippen molar-refractivity contribution in [3.63, 3.8) is 0 Å². The maximum Gasteiger partial charge on any atom is 0.244 e. The van der Waals surface area contributed by atoms with Crippen LogP contribution in [0.4, 0.5) is 5.69 Å². The number of rotatable bonds is 10. The lowest BCUT2D eigenvalue weighted by atomic mass is 10.0. The van der Waals surface area contributed by atoms with Crippen LogP contribution in [0.2, 0.25) is 5.02 Å². The van der Waals surface area contributed by atoms with Crippen molar-refractivity contribution in [1.29, 1.82) is 0 Å². The van der Waals surface area contributed by atoms with Gasteiger partial charge in [-0.3, -0.25) is 13.9 Å². The number of carbonyl (C=O) groups excluding carboxylic acids is 2. The second-order valence-electron chi connectivity index (χ2n) is 11.2. The molecule has 0 aliphatic carbocycles. The molecule has 2 amide bonds. The molecule has 0 bridgehead atoms. The van der Waals surface area contributed by atoms with Crippen LogP contribution in [0.25, 0.3) is 0 Å². The van der Waals surface area contributed by atoms with E-state index in [2.05, 4.69) is 5.32 Å². The van der Waals surface area contributed by atoms with Crippen LogP contribution in [0.1, 0.15) is 43.0 Å². The molecule has 0 aromatic heterocycles. The first kappa shape index (κ1) is 31.2. The first-order valence-electron chi connectivity index (χ1n) is 13.1. The third-order valence-electron chi connectivity index (χ3n) is 6.31. The van der Waals surface area contributed by atoms with Crippen molar-refractivity contribution < 1.29 is 18.0 Å². The summed E-state index contributed by atoms with van der Waals surface area (Å²) in [5.74, 6) is -0.834. The number of hydrogen-bond acceptors (Lipinski definition) is 4. The van der Waals surface area contributed by atoms with E-state index >= 15 is 0 Å². The minimum absolute atomic E-state index is 0.0684. The van der Waals surface area contributed by atoms with Crippen LogP contribution in [-0.4, -0.2) is 49.5 Å². The van der Waals surface area contributed by atoms with Crippen molar-refractivity contribution in [2.24, 2.45) is 0 Å². The van der Waals surface area contributed by atoms with Crippen molar-refractivity contribution in [2.45, 2.75) is 59.2 Å². The van der Waals surface area contributed by atoms with E-state index in [4.69, 9.17) is 11.6 Å². The van der Waals surface area contributed by atoms with E-state index in [9.17, 15) is 18.0 Å². The Morgan fingerprint density at radius 3 is 2.15 bits per heavy atom. The quantitative estimate of drug-likeness (QED) is 0.352. The number of benzene rings is 3. The van der Waals surface area contributed by atoms with Crippen LogP contribution in [0.3, 0.4) is 0 Å². The minimum Gasteiger partial charge on any atom is -0.350 e. The topological polar surface area (TPSA) is 86.8 Å². The summed E-state index contributed by atoms with van der Waals surface area (Å²) in [6.07, 6.45) is 1.33. The fraction of sp³-hybridized carbons (Fsp3) is 0.355. The number of nitrogens with one attached hydrogen (secondary N) is 1. The average molecular weight is 584 g/mol. The normalized spacial score (nSPS) is 12.5. The number of halogens is 1. The lowest BCUT2D eigenvalue weighted by molar-refractivity contribution is -0.140. The van der Waals surface area contributed by atoms with Gasteiger partial charge in [0.1, 0.15) is 12.6 Å². The smallest absolute Gasteiger partial charge is 0.244 e. The lowest BCUT2D eigenvalue weighted by Crippen LogP contribution is -2.56. The summed E-state index contributed by atoms with van der Waals surface area (Å²) in [6.45, 7) is 8.96. The van der Waals surface area contributed by atoms with Crippen LogP contribution in [-0.2, 0) is 32.6 Å². The van der Waals surface area contributed by atoms with Crippen LogP contribution < -0.4 is 9.62 Å². The number of carbonyl (C=O) groups is 2. The van der Waals surface area contributed by atoms with Gasteiger partial charge in [0, 0.05) is 23.5 Å². The Morgan fingerprint density at radius 1 is 0.925 bits per heavy atom. The summed E-state index contributed by atoms with van der Waals surface area (Å²) in [7, 11) is -3.83. The number of nitrogens with zero attached hydrogens (tertiary/aromatic N) is 2. The highest BCUT2D eigenvalue weighted by atomic mass is 35.5. The van der Waals surface area contributed by atoms with Gasteiger partial charge in [0.2, 0.25) is 21.8 Å². The summed E-state index contributed by atoms with van der Waals surface area (Å²) in [5, 5.41) is 3.51. The van der Waals surface area contributed by atoms with Crippen LogP contribution in [0.15, 0.2) is 72.8 Å². The number of anilines is 1. The molecule has 0 aliphatic heterocycles. The van der Waals surface area contributed by atoms with Crippen molar-refractivity contribution in [2.75, 3.05) is 17.1 Å². The molecule has 1 N–H and O–H groups in total. The number of amides is 2. The molecule has 40 heavy (non-hydrogen) atoms. The van der Waals surface area contributed by atoms with E-state index in [-0.39, 0.29) is 18.9 Å². The third-order valence-corrected chi connectivity index (χ3v) is 7.67. The van der Waals surface area contributed by atoms with Gasteiger partial charge >= 0.3 is 0 Å². The Bertz CT molecular complexity index is 1450. The third kappa shape index (κ3) is 8.83. The molecule has 3 aromatic carbocycles. The molecule has 1 atom stereocenters. The Morgan fingerprint density at radius 2 is 1.57 bits per heavy atom. The Kier molecular flexibility index (Phi) is 10.0. The van der Waals surface area contributed by atoms with E-state index in [1.807, 2.05) is 83.1 Å². The van der Waals surface area contributed by atoms with E-state index < -0.39 is 34.1 Å². The largest absolute Gasteiger partial charge is 0.350 e. The zero-order valence-electron chi connectivity index (χ0n) is 23.9. The molecule has 0 heterocycles. The molecule has 0 aliphatic rings. The molecular formula is C31H38ClN3O4S. The SMILES string of the molecule is Cc1ccc(N(CC(=O)N(Cc2cccc(Cl)c2)[C@@H](Cc2ccccc2)C(=O)NC(C)(C)C)S(C)(=O)=O)c(C)c1. The van der Waals surface area contributed by atoms with E-state index in [0.717, 1.165) is 32.8 Å². The predicted octanol–water partition coefficient (Wildman–Crippen LogP) is 5.28. The zero-order valence-corrected chi connectivity index (χ0v) is 25.5. The van der Waals surface area contributed by atoms with Crippen molar-refractivity contribution in [1.82, 2.24) is 10.2 Å². The molecule has 0 radical (unpaired) electrons. The Hall–Kier alpha value is -3.36. The van der Waals surface area contributed by atoms with Gasteiger partial charge in [0.25, 0.3) is 0 Å². The molecule has 0 unspecified atom stereocenters. The maximum absolute atomic E-state index is 14.1. The maximum atomic E-state index is 14.1. The number of aryl methyl sites for hydroxylation is 2. The molecule has 7 nitrogen and oxygen atoms in total. The van der Waals surface area contributed by atoms with Crippen molar-refractivity contribution >= 4 is 39.1 Å². The van der Waals surface area contributed by atoms with Crippen LogP contribution in [0.5, 0.6) is 0 Å². The summed E-state index contributed by atoms with van der Waals surface area (Å²) in [6, 6.07) is 21.0. The molecule has 0 spiro atoms. The Balaban J connectivity index is 2.09. The van der Waals surface area contributed by atoms with Crippen LogP contribution >= 0.6 is 11.6 Å². The van der Waals surface area contributed by atoms with E-state index in [1.54, 1.807) is 24.3 Å². The monoisotopic (exact) mass is 583 g/mol. The number of sulfonamides is 1. The molecule has 214 valence electrons. The van der Waals surface area contributed by atoms with Gasteiger partial charge < -0.3 is 10.2 Å². The second-order valence-corrected chi connectivity index (χ2v) is 13.5. The standard InChI is InChI=1S/C31H38ClN3O4S/c1-22-15-16-27(23(2)17-22)35(40(6,38)39)21-29(36)34(20-25-13-10-14-26(32)18-25)28(30(37)33-31(3,4)5)19-24-11-8-7-9-12-24/h7-18,28H,19-21H2,1-6H3,(H,33,37)/t28-/m0/s1. The van der Waals surface area contributed by atoms with Gasteiger partial charge in [0.15, 0.2) is 0 Å². The highest BCUT2D eigenvalue weighted by molar-refractivity contribution is 7.92. The molecule has 9 heteroatoms. The first-order valence-corrected chi connectivity index (χ1v) is 15.3.